The minimum atomic E-state index is -0.485. The molecule has 0 spiro atoms. The van der Waals surface area contributed by atoms with Crippen LogP contribution >= 0.6 is 0 Å². The Morgan fingerprint density at radius 2 is 1.95 bits per heavy atom. The topological polar surface area (TPSA) is 41.9 Å². The van der Waals surface area contributed by atoms with E-state index in [2.05, 4.69) is 24.7 Å². The normalized spacial score (nSPS) is 18.1. The Balaban J connectivity index is 2.69. The van der Waals surface area contributed by atoms with Crippen molar-refractivity contribution < 1.29 is 9.53 Å². The fourth-order valence-corrected chi connectivity index (χ4v) is 1.69. The van der Waals surface area contributed by atoms with Crippen LogP contribution in [-0.2, 0) is 4.74 Å². The molecule has 1 fully saturated rings. The number of hydrogen-bond acceptors (Lipinski definition) is 3. The second kappa shape index (κ2) is 6.07. The summed E-state index contributed by atoms with van der Waals surface area (Å²) < 4.78 is 5.35. The van der Waals surface area contributed by atoms with E-state index in [1.165, 1.54) is 0 Å². The molecule has 0 unspecified atom stereocenters. The average Bonchev–Trinajstić information content (AvgIpc) is 2.29. The molecule has 1 aliphatic heterocycles. The highest BCUT2D eigenvalue weighted by Gasteiger charge is 2.26. The summed E-state index contributed by atoms with van der Waals surface area (Å²) in [6, 6.07) is 0. The predicted octanol–water partition coefficient (Wildman–Crippen LogP) is 3.71. The number of nitrogens with zero attached hydrogens (tertiary/aromatic N) is 2. The SMILES string of the molecule is C=C(C)C(=C)N=C1CCN(C(=O)OC(C)(C)C)CC1=C. The zero-order valence-corrected chi connectivity index (χ0v) is 13.0. The molecule has 0 atom stereocenters. The first-order chi connectivity index (χ1) is 9.10. The molecule has 0 radical (unpaired) electrons. The Bertz CT molecular complexity index is 481. The van der Waals surface area contributed by atoms with Crippen LogP contribution in [0.3, 0.4) is 0 Å². The molecule has 0 aliphatic carbocycles. The molecular formula is C16H24N2O2. The summed E-state index contributed by atoms with van der Waals surface area (Å²) in [5.74, 6) is 0. The predicted molar refractivity (Wildman–Crippen MR) is 83.0 cm³/mol. The van der Waals surface area contributed by atoms with E-state index in [-0.39, 0.29) is 6.09 Å². The van der Waals surface area contributed by atoms with Gasteiger partial charge in [0.15, 0.2) is 0 Å². The van der Waals surface area contributed by atoms with Gasteiger partial charge in [-0.15, -0.1) is 0 Å². The van der Waals surface area contributed by atoms with Gasteiger partial charge in [-0.2, -0.15) is 0 Å². The molecule has 0 aromatic heterocycles. The van der Waals surface area contributed by atoms with E-state index in [0.29, 0.717) is 25.2 Å². The van der Waals surface area contributed by atoms with Gasteiger partial charge in [-0.3, -0.25) is 4.99 Å². The minimum absolute atomic E-state index is 0.309. The Labute approximate surface area is 121 Å². The number of hydrogen-bond donors (Lipinski definition) is 0. The summed E-state index contributed by atoms with van der Waals surface area (Å²) >= 11 is 0. The quantitative estimate of drug-likeness (QED) is 0.721. The second-order valence-corrected chi connectivity index (χ2v) is 6.04. The van der Waals surface area contributed by atoms with Crippen LogP contribution in [0.1, 0.15) is 34.1 Å². The first kappa shape index (κ1) is 16.2. The standard InChI is InChI=1S/C16H24N2O2/c1-11(2)13(4)17-14-8-9-18(10-12(14)3)15(19)20-16(5,6)7/h1,3-4,8-10H2,2,5-7H3. The molecule has 1 heterocycles. The average molecular weight is 276 g/mol. The largest absolute Gasteiger partial charge is 0.444 e. The van der Waals surface area contributed by atoms with Gasteiger partial charge in [-0.1, -0.05) is 19.7 Å². The lowest BCUT2D eigenvalue weighted by Crippen LogP contribution is -2.42. The van der Waals surface area contributed by atoms with E-state index < -0.39 is 5.60 Å². The number of allylic oxidation sites excluding steroid dienone is 1. The van der Waals surface area contributed by atoms with Crippen LogP contribution < -0.4 is 0 Å². The molecule has 1 amide bonds. The van der Waals surface area contributed by atoms with Gasteiger partial charge in [-0.25, -0.2) is 4.79 Å². The van der Waals surface area contributed by atoms with Crippen LogP contribution in [0.15, 0.2) is 41.6 Å². The fraction of sp³-hybridized carbons (Fsp3) is 0.500. The van der Waals surface area contributed by atoms with Gasteiger partial charge >= 0.3 is 6.09 Å². The first-order valence-corrected chi connectivity index (χ1v) is 6.68. The van der Waals surface area contributed by atoms with Crippen molar-refractivity contribution in [2.75, 3.05) is 13.1 Å². The molecule has 110 valence electrons. The summed E-state index contributed by atoms with van der Waals surface area (Å²) in [7, 11) is 0. The molecule has 0 aromatic carbocycles. The van der Waals surface area contributed by atoms with Gasteiger partial charge < -0.3 is 9.64 Å². The van der Waals surface area contributed by atoms with Crippen molar-refractivity contribution in [1.82, 2.24) is 4.90 Å². The third-order valence-electron chi connectivity index (χ3n) is 2.82. The van der Waals surface area contributed by atoms with Gasteiger partial charge in [0, 0.05) is 18.7 Å². The molecule has 4 nitrogen and oxygen atoms in total. The van der Waals surface area contributed by atoms with E-state index in [0.717, 1.165) is 16.9 Å². The monoisotopic (exact) mass is 276 g/mol. The van der Waals surface area contributed by atoms with Crippen molar-refractivity contribution in [1.29, 1.82) is 0 Å². The van der Waals surface area contributed by atoms with Crippen molar-refractivity contribution in [3.63, 3.8) is 0 Å². The lowest BCUT2D eigenvalue weighted by molar-refractivity contribution is 0.0267. The minimum Gasteiger partial charge on any atom is -0.444 e. The zero-order chi connectivity index (χ0) is 15.5. The molecule has 1 rings (SSSR count). The van der Waals surface area contributed by atoms with Gasteiger partial charge in [-0.05, 0) is 38.8 Å². The van der Waals surface area contributed by atoms with E-state index in [1.54, 1.807) is 4.90 Å². The van der Waals surface area contributed by atoms with Crippen LogP contribution in [0.5, 0.6) is 0 Å². The van der Waals surface area contributed by atoms with Gasteiger partial charge in [0.25, 0.3) is 0 Å². The fourth-order valence-electron chi connectivity index (χ4n) is 1.69. The highest BCUT2D eigenvalue weighted by molar-refractivity contribution is 6.02. The van der Waals surface area contributed by atoms with Crippen LogP contribution in [0.25, 0.3) is 0 Å². The number of likely N-dealkylation sites (tertiary alicyclic amines) is 1. The Morgan fingerprint density at radius 3 is 2.40 bits per heavy atom. The van der Waals surface area contributed by atoms with Crippen molar-refractivity contribution >= 4 is 11.8 Å². The Hall–Kier alpha value is -1.84. The number of piperidine rings is 1. The number of aliphatic imine (C=N–C) groups is 1. The zero-order valence-electron chi connectivity index (χ0n) is 13.0. The van der Waals surface area contributed by atoms with Crippen LogP contribution in [0.2, 0.25) is 0 Å². The van der Waals surface area contributed by atoms with Crippen molar-refractivity contribution in [2.45, 2.75) is 39.7 Å². The maximum atomic E-state index is 12.0. The lowest BCUT2D eigenvalue weighted by Gasteiger charge is -2.31. The van der Waals surface area contributed by atoms with Gasteiger partial charge in [0.2, 0.25) is 0 Å². The Morgan fingerprint density at radius 1 is 1.35 bits per heavy atom. The van der Waals surface area contributed by atoms with Crippen molar-refractivity contribution in [3.05, 3.63) is 36.6 Å². The number of amides is 1. The maximum absolute atomic E-state index is 12.0. The van der Waals surface area contributed by atoms with Gasteiger partial charge in [0.05, 0.1) is 12.2 Å². The summed E-state index contributed by atoms with van der Waals surface area (Å²) in [6.07, 6.45) is 0.348. The Kier molecular flexibility index (Phi) is 4.93. The molecule has 4 heteroatoms. The number of carbonyl (C=O) groups is 1. The first-order valence-electron chi connectivity index (χ1n) is 6.68. The number of rotatable bonds is 2. The summed E-state index contributed by atoms with van der Waals surface area (Å²) in [5.41, 5.74) is 2.72. The molecule has 0 bridgehead atoms. The third-order valence-corrected chi connectivity index (χ3v) is 2.82. The summed E-state index contributed by atoms with van der Waals surface area (Å²) in [5, 5.41) is 0. The van der Waals surface area contributed by atoms with Crippen molar-refractivity contribution in [2.24, 2.45) is 4.99 Å². The highest BCUT2D eigenvalue weighted by atomic mass is 16.6. The molecule has 0 aromatic rings. The highest BCUT2D eigenvalue weighted by Crippen LogP contribution is 2.18. The molecule has 0 N–H and O–H groups in total. The molecule has 20 heavy (non-hydrogen) atoms. The van der Waals surface area contributed by atoms with Gasteiger partial charge in [0.1, 0.15) is 5.60 Å². The summed E-state index contributed by atoms with van der Waals surface area (Å²) in [6.45, 7) is 20.1. The van der Waals surface area contributed by atoms with E-state index in [4.69, 9.17) is 4.74 Å². The molecular weight excluding hydrogens is 252 g/mol. The third kappa shape index (κ3) is 4.68. The number of ether oxygens (including phenoxy) is 1. The van der Waals surface area contributed by atoms with Crippen LogP contribution in [0, 0.1) is 0 Å². The van der Waals surface area contributed by atoms with E-state index in [9.17, 15) is 4.79 Å². The molecule has 0 saturated carbocycles. The molecule has 1 saturated heterocycles. The van der Waals surface area contributed by atoms with Crippen LogP contribution in [0.4, 0.5) is 4.79 Å². The smallest absolute Gasteiger partial charge is 0.410 e. The van der Waals surface area contributed by atoms with Crippen molar-refractivity contribution in [3.8, 4) is 0 Å². The maximum Gasteiger partial charge on any atom is 0.410 e. The number of carbonyl (C=O) groups excluding carboxylic acids is 1. The van der Waals surface area contributed by atoms with E-state index >= 15 is 0 Å². The summed E-state index contributed by atoms with van der Waals surface area (Å²) in [4.78, 5) is 18.1. The molecule has 1 aliphatic rings. The van der Waals surface area contributed by atoms with E-state index in [1.807, 2.05) is 27.7 Å². The lowest BCUT2D eigenvalue weighted by atomic mass is 10.0. The second-order valence-electron chi connectivity index (χ2n) is 6.04. The van der Waals surface area contributed by atoms with Crippen LogP contribution in [-0.4, -0.2) is 35.4 Å².